The van der Waals surface area contributed by atoms with E-state index < -0.39 is 0 Å². The second kappa shape index (κ2) is 3.14. The summed E-state index contributed by atoms with van der Waals surface area (Å²) in [5, 5.41) is 0. The second-order valence-corrected chi connectivity index (χ2v) is 3.32. The standard InChI is InChI=1S/C10H11N3O/c1-7-2-3-13-8(5-9(11)14)6-12-10(13)4-7/h2-4,6H,5H2,1H3,(H2,11,14). The van der Waals surface area contributed by atoms with E-state index in [1.165, 1.54) is 0 Å². The predicted molar refractivity (Wildman–Crippen MR) is 52.8 cm³/mol. The van der Waals surface area contributed by atoms with E-state index in [-0.39, 0.29) is 12.3 Å². The van der Waals surface area contributed by atoms with E-state index in [2.05, 4.69) is 4.98 Å². The molecular formula is C10H11N3O. The number of carbonyl (C=O) groups excluding carboxylic acids is 1. The molecule has 0 fully saturated rings. The van der Waals surface area contributed by atoms with Crippen LogP contribution in [0, 0.1) is 6.92 Å². The molecule has 14 heavy (non-hydrogen) atoms. The van der Waals surface area contributed by atoms with Crippen LogP contribution in [0.5, 0.6) is 0 Å². The van der Waals surface area contributed by atoms with Crippen LogP contribution in [0.4, 0.5) is 0 Å². The third-order valence-corrected chi connectivity index (χ3v) is 2.10. The van der Waals surface area contributed by atoms with Crippen molar-refractivity contribution in [2.45, 2.75) is 13.3 Å². The zero-order chi connectivity index (χ0) is 10.1. The Kier molecular flexibility index (Phi) is 1.96. The van der Waals surface area contributed by atoms with Gasteiger partial charge < -0.3 is 10.1 Å². The first-order chi connectivity index (χ1) is 6.66. The molecule has 4 heteroatoms. The molecule has 2 aromatic heterocycles. The number of aryl methyl sites for hydroxylation is 1. The van der Waals surface area contributed by atoms with Crippen LogP contribution in [0.1, 0.15) is 11.3 Å². The Morgan fingerprint density at radius 3 is 3.14 bits per heavy atom. The van der Waals surface area contributed by atoms with Crippen LogP contribution < -0.4 is 5.73 Å². The summed E-state index contributed by atoms with van der Waals surface area (Å²) in [5.41, 5.74) is 7.95. The first-order valence-corrected chi connectivity index (χ1v) is 4.38. The van der Waals surface area contributed by atoms with Gasteiger partial charge in [0, 0.05) is 12.4 Å². The lowest BCUT2D eigenvalue weighted by Gasteiger charge is -1.99. The Hall–Kier alpha value is -1.84. The van der Waals surface area contributed by atoms with Crippen molar-refractivity contribution in [3.8, 4) is 0 Å². The molecule has 0 radical (unpaired) electrons. The monoisotopic (exact) mass is 189 g/mol. The van der Waals surface area contributed by atoms with Gasteiger partial charge in [-0.3, -0.25) is 4.79 Å². The molecule has 0 unspecified atom stereocenters. The molecule has 0 aliphatic rings. The Morgan fingerprint density at radius 2 is 2.43 bits per heavy atom. The summed E-state index contributed by atoms with van der Waals surface area (Å²) in [6.45, 7) is 2.00. The Morgan fingerprint density at radius 1 is 1.64 bits per heavy atom. The minimum Gasteiger partial charge on any atom is -0.369 e. The number of carbonyl (C=O) groups is 1. The lowest BCUT2D eigenvalue weighted by Crippen LogP contribution is -2.14. The van der Waals surface area contributed by atoms with E-state index in [4.69, 9.17) is 5.73 Å². The summed E-state index contributed by atoms with van der Waals surface area (Å²) >= 11 is 0. The number of hydrogen-bond donors (Lipinski definition) is 1. The van der Waals surface area contributed by atoms with Crippen LogP contribution >= 0.6 is 0 Å². The van der Waals surface area contributed by atoms with E-state index in [0.717, 1.165) is 16.9 Å². The van der Waals surface area contributed by atoms with E-state index in [1.807, 2.05) is 29.7 Å². The molecule has 0 aliphatic heterocycles. The van der Waals surface area contributed by atoms with E-state index >= 15 is 0 Å². The van der Waals surface area contributed by atoms with Crippen LogP contribution in [0.25, 0.3) is 5.65 Å². The summed E-state index contributed by atoms with van der Waals surface area (Å²) in [4.78, 5) is 14.9. The average molecular weight is 189 g/mol. The van der Waals surface area contributed by atoms with Gasteiger partial charge in [-0.25, -0.2) is 4.98 Å². The maximum atomic E-state index is 10.8. The number of nitrogens with two attached hydrogens (primary N) is 1. The predicted octanol–water partition coefficient (Wildman–Crippen LogP) is 0.671. The number of amides is 1. The molecule has 4 nitrogen and oxygen atoms in total. The first-order valence-electron chi connectivity index (χ1n) is 4.38. The maximum absolute atomic E-state index is 10.8. The third kappa shape index (κ3) is 1.46. The molecule has 0 saturated heterocycles. The van der Waals surface area contributed by atoms with Gasteiger partial charge in [0.2, 0.25) is 5.91 Å². The summed E-state index contributed by atoms with van der Waals surface area (Å²) < 4.78 is 1.87. The molecule has 2 N–H and O–H groups in total. The van der Waals surface area contributed by atoms with Gasteiger partial charge in [-0.1, -0.05) is 0 Å². The Bertz CT molecular complexity index is 487. The van der Waals surface area contributed by atoms with Gasteiger partial charge in [0.05, 0.1) is 12.1 Å². The number of imidazole rings is 1. The SMILES string of the molecule is Cc1ccn2c(CC(N)=O)cnc2c1. The van der Waals surface area contributed by atoms with Crippen molar-refractivity contribution in [1.29, 1.82) is 0 Å². The fraction of sp³-hybridized carbons (Fsp3) is 0.200. The molecule has 72 valence electrons. The summed E-state index contributed by atoms with van der Waals surface area (Å²) in [5.74, 6) is -0.340. The zero-order valence-corrected chi connectivity index (χ0v) is 7.90. The normalized spacial score (nSPS) is 10.6. The zero-order valence-electron chi connectivity index (χ0n) is 7.90. The average Bonchev–Trinajstić information content (AvgIpc) is 2.47. The lowest BCUT2D eigenvalue weighted by atomic mass is 10.3. The van der Waals surface area contributed by atoms with Crippen molar-refractivity contribution in [2.75, 3.05) is 0 Å². The molecular weight excluding hydrogens is 178 g/mol. The van der Waals surface area contributed by atoms with Crippen LogP contribution in [-0.4, -0.2) is 15.3 Å². The number of aromatic nitrogens is 2. The molecule has 0 bridgehead atoms. The number of pyridine rings is 1. The highest BCUT2D eigenvalue weighted by Gasteiger charge is 2.05. The van der Waals surface area contributed by atoms with E-state index in [0.29, 0.717) is 0 Å². The molecule has 2 rings (SSSR count). The number of primary amides is 1. The summed E-state index contributed by atoms with van der Waals surface area (Å²) in [7, 11) is 0. The molecule has 0 aromatic carbocycles. The van der Waals surface area contributed by atoms with Crippen molar-refractivity contribution in [3.63, 3.8) is 0 Å². The lowest BCUT2D eigenvalue weighted by molar-refractivity contribution is -0.117. The van der Waals surface area contributed by atoms with Crippen molar-refractivity contribution in [1.82, 2.24) is 9.38 Å². The molecule has 0 aliphatic carbocycles. The molecule has 0 saturated carbocycles. The minimum atomic E-state index is -0.340. The summed E-state index contributed by atoms with van der Waals surface area (Å²) in [6, 6.07) is 3.93. The minimum absolute atomic E-state index is 0.226. The van der Waals surface area contributed by atoms with Gasteiger partial charge in [-0.05, 0) is 24.6 Å². The quantitative estimate of drug-likeness (QED) is 0.754. The second-order valence-electron chi connectivity index (χ2n) is 3.32. The fourth-order valence-electron chi connectivity index (χ4n) is 1.44. The Labute approximate surface area is 81.4 Å². The first kappa shape index (κ1) is 8.74. The van der Waals surface area contributed by atoms with E-state index in [1.54, 1.807) is 6.20 Å². The third-order valence-electron chi connectivity index (χ3n) is 2.10. The fourth-order valence-corrected chi connectivity index (χ4v) is 1.44. The van der Waals surface area contributed by atoms with Gasteiger partial charge in [0.25, 0.3) is 0 Å². The summed E-state index contributed by atoms with van der Waals surface area (Å²) in [6.07, 6.45) is 3.81. The van der Waals surface area contributed by atoms with Gasteiger partial charge in [0.15, 0.2) is 0 Å². The molecule has 0 atom stereocenters. The smallest absolute Gasteiger partial charge is 0.223 e. The highest BCUT2D eigenvalue weighted by atomic mass is 16.1. The number of nitrogens with zero attached hydrogens (tertiary/aromatic N) is 2. The van der Waals surface area contributed by atoms with Crippen LogP contribution in [0.3, 0.4) is 0 Å². The van der Waals surface area contributed by atoms with Crippen LogP contribution in [0.2, 0.25) is 0 Å². The van der Waals surface area contributed by atoms with Crippen molar-refractivity contribution >= 4 is 11.6 Å². The highest BCUT2D eigenvalue weighted by Crippen LogP contribution is 2.08. The van der Waals surface area contributed by atoms with Gasteiger partial charge in [0.1, 0.15) is 5.65 Å². The molecule has 1 amide bonds. The van der Waals surface area contributed by atoms with Gasteiger partial charge in [-0.2, -0.15) is 0 Å². The van der Waals surface area contributed by atoms with Gasteiger partial charge in [-0.15, -0.1) is 0 Å². The maximum Gasteiger partial charge on any atom is 0.223 e. The van der Waals surface area contributed by atoms with Crippen molar-refractivity contribution in [3.05, 3.63) is 35.8 Å². The molecule has 2 aromatic rings. The van der Waals surface area contributed by atoms with E-state index in [9.17, 15) is 4.79 Å². The van der Waals surface area contributed by atoms with Gasteiger partial charge >= 0.3 is 0 Å². The molecule has 0 spiro atoms. The van der Waals surface area contributed by atoms with Crippen LogP contribution in [-0.2, 0) is 11.2 Å². The largest absolute Gasteiger partial charge is 0.369 e. The topological polar surface area (TPSA) is 60.4 Å². The molecule has 2 heterocycles. The van der Waals surface area contributed by atoms with Crippen molar-refractivity contribution in [2.24, 2.45) is 5.73 Å². The Balaban J connectivity index is 2.52. The number of rotatable bonds is 2. The van der Waals surface area contributed by atoms with Crippen LogP contribution in [0.15, 0.2) is 24.5 Å². The van der Waals surface area contributed by atoms with Crippen molar-refractivity contribution < 1.29 is 4.79 Å². The number of hydrogen-bond acceptors (Lipinski definition) is 2. The highest BCUT2D eigenvalue weighted by molar-refractivity contribution is 5.76. The number of fused-ring (bicyclic) bond motifs is 1.